The van der Waals surface area contributed by atoms with E-state index >= 15 is 0 Å². The van der Waals surface area contributed by atoms with Crippen LogP contribution in [0.4, 0.5) is 0 Å². The normalized spacial score (nSPS) is 10.3. The maximum absolute atomic E-state index is 2.32. The Balaban J connectivity index is 0.00000200. The van der Waals surface area contributed by atoms with E-state index in [1.165, 1.54) is 33.4 Å². The zero-order valence-corrected chi connectivity index (χ0v) is 16.1. The summed E-state index contributed by atoms with van der Waals surface area (Å²) in [5.74, 6) is 0. The predicted molar refractivity (Wildman–Crippen MR) is 85.9 cm³/mol. The van der Waals surface area contributed by atoms with Gasteiger partial charge in [0.25, 0.3) is 0 Å². The average Bonchev–Trinajstić information content (AvgIpc) is 2.25. The fourth-order valence-corrected chi connectivity index (χ4v) is 5.58. The number of halogens is 2. The van der Waals surface area contributed by atoms with Gasteiger partial charge in [-0.05, 0) is 41.5 Å². The van der Waals surface area contributed by atoms with Crippen LogP contribution in [0.25, 0.3) is 0 Å². The van der Waals surface area contributed by atoms with Crippen LogP contribution in [-0.4, -0.2) is 0 Å². The lowest BCUT2D eigenvalue weighted by molar-refractivity contribution is -0.600. The minimum absolute atomic E-state index is 0. The molecule has 0 spiro atoms. The summed E-state index contributed by atoms with van der Waals surface area (Å²) in [5, 5.41) is 0. The highest BCUT2D eigenvalue weighted by Crippen LogP contribution is 2.10. The molecule has 0 unspecified atom stereocenters. The molecule has 2 rings (SSSR count). The van der Waals surface area contributed by atoms with Crippen molar-refractivity contribution in [3.05, 3.63) is 64.8 Å². The van der Waals surface area contributed by atoms with Crippen LogP contribution < -0.4 is 21.2 Å². The molecule has 0 amide bonds. The van der Waals surface area contributed by atoms with Gasteiger partial charge in [-0.25, -0.2) is 0 Å². The maximum Gasteiger partial charge on any atom is 0.359 e. The number of rotatable bonds is 2. The standard InChI is InChI=1S/C18H22I.ClH/c1-11-7-13(3)17(14(4)8-11)19-18-15(5)9-12(2)10-16(18)6;/h7-10H,1-6H3;1H/q+1;. The van der Waals surface area contributed by atoms with Crippen LogP contribution in [0, 0.1) is 48.7 Å². The van der Waals surface area contributed by atoms with Gasteiger partial charge in [-0.15, -0.1) is 12.4 Å². The molecule has 2 aromatic carbocycles. The third kappa shape index (κ3) is 3.76. The molecule has 2 aromatic rings. The van der Waals surface area contributed by atoms with Crippen LogP contribution in [0.3, 0.4) is 0 Å². The van der Waals surface area contributed by atoms with Crippen molar-refractivity contribution in [3.63, 3.8) is 0 Å². The Morgan fingerprint density at radius 1 is 0.550 bits per heavy atom. The molecule has 0 radical (unpaired) electrons. The van der Waals surface area contributed by atoms with Crippen molar-refractivity contribution in [3.8, 4) is 0 Å². The van der Waals surface area contributed by atoms with Crippen LogP contribution in [0.15, 0.2) is 24.3 Å². The highest BCUT2D eigenvalue weighted by atomic mass is 127. The first-order valence-electron chi connectivity index (χ1n) is 6.69. The highest BCUT2D eigenvalue weighted by Gasteiger charge is 2.25. The molecule has 2 heteroatoms. The van der Waals surface area contributed by atoms with E-state index < -0.39 is 0 Å². The van der Waals surface area contributed by atoms with Gasteiger partial charge in [0, 0.05) is 22.3 Å². The predicted octanol–water partition coefficient (Wildman–Crippen LogP) is 2.09. The topological polar surface area (TPSA) is 0 Å². The van der Waals surface area contributed by atoms with Gasteiger partial charge in [0.1, 0.15) is 0 Å². The summed E-state index contributed by atoms with van der Waals surface area (Å²) in [6, 6.07) is 9.28. The van der Waals surface area contributed by atoms with Crippen LogP contribution in [-0.2, 0) is 0 Å². The Bertz CT molecular complexity index is 528. The highest BCUT2D eigenvalue weighted by molar-refractivity contribution is 5.85. The van der Waals surface area contributed by atoms with Crippen molar-refractivity contribution in [1.82, 2.24) is 0 Å². The molecule has 0 N–H and O–H groups in total. The molecule has 0 bridgehead atoms. The smallest absolute Gasteiger partial charge is 0.147 e. The minimum Gasteiger partial charge on any atom is -0.147 e. The molecule has 0 atom stereocenters. The molecule has 0 aromatic heterocycles. The zero-order valence-electron chi connectivity index (χ0n) is 13.1. The lowest BCUT2D eigenvalue weighted by atomic mass is 10.1. The first-order chi connectivity index (χ1) is 8.88. The molecule has 0 aliphatic carbocycles. The Labute approximate surface area is 139 Å². The second-order valence-electron chi connectivity index (χ2n) is 5.52. The largest absolute Gasteiger partial charge is 0.359 e. The fourth-order valence-electron chi connectivity index (χ4n) is 2.72. The van der Waals surface area contributed by atoms with Crippen molar-refractivity contribution in [2.45, 2.75) is 41.5 Å². The molecular weight excluding hydrogens is 379 g/mol. The maximum atomic E-state index is 2.32. The Morgan fingerprint density at radius 2 is 0.800 bits per heavy atom. The van der Waals surface area contributed by atoms with Gasteiger partial charge >= 0.3 is 21.2 Å². The van der Waals surface area contributed by atoms with Crippen LogP contribution in [0.5, 0.6) is 0 Å². The Hall–Kier alpha value is -0.540. The summed E-state index contributed by atoms with van der Waals surface area (Å²) >= 11 is -0.0837. The van der Waals surface area contributed by atoms with Crippen molar-refractivity contribution in [2.75, 3.05) is 0 Å². The number of aryl methyl sites for hydroxylation is 6. The molecule has 108 valence electrons. The molecule has 0 aliphatic heterocycles. The molecule has 0 nitrogen and oxygen atoms in total. The van der Waals surface area contributed by atoms with Gasteiger partial charge in [-0.2, -0.15) is 0 Å². The van der Waals surface area contributed by atoms with Gasteiger partial charge in [-0.1, -0.05) is 35.4 Å². The molecule has 0 fully saturated rings. The molecule has 20 heavy (non-hydrogen) atoms. The summed E-state index contributed by atoms with van der Waals surface area (Å²) in [6.45, 7) is 13.4. The minimum atomic E-state index is -0.0837. The second-order valence-corrected chi connectivity index (χ2v) is 8.22. The fraction of sp³-hybridized carbons (Fsp3) is 0.333. The summed E-state index contributed by atoms with van der Waals surface area (Å²) in [7, 11) is 0. The lowest BCUT2D eigenvalue weighted by Crippen LogP contribution is -3.62. The third-order valence-electron chi connectivity index (χ3n) is 3.35. The van der Waals surface area contributed by atoms with E-state index in [9.17, 15) is 0 Å². The number of benzene rings is 2. The van der Waals surface area contributed by atoms with E-state index in [1.54, 1.807) is 7.14 Å². The monoisotopic (exact) mass is 401 g/mol. The second kappa shape index (κ2) is 6.95. The van der Waals surface area contributed by atoms with E-state index in [1.807, 2.05) is 0 Å². The Morgan fingerprint density at radius 3 is 1.05 bits per heavy atom. The SMILES string of the molecule is Cc1cc(C)c([I+]c2c(C)cc(C)cc2C)c(C)c1.Cl. The molecule has 0 aliphatic rings. The molecule has 0 heterocycles. The average molecular weight is 402 g/mol. The Kier molecular flexibility index (Phi) is 6.08. The van der Waals surface area contributed by atoms with Gasteiger partial charge in [0.15, 0.2) is 7.14 Å². The molecule has 0 saturated heterocycles. The first kappa shape index (κ1) is 17.5. The van der Waals surface area contributed by atoms with E-state index in [2.05, 4.69) is 65.8 Å². The van der Waals surface area contributed by atoms with E-state index in [0.717, 1.165) is 0 Å². The van der Waals surface area contributed by atoms with E-state index in [4.69, 9.17) is 0 Å². The van der Waals surface area contributed by atoms with Gasteiger partial charge < -0.3 is 0 Å². The van der Waals surface area contributed by atoms with Crippen molar-refractivity contribution in [2.24, 2.45) is 0 Å². The van der Waals surface area contributed by atoms with Crippen LogP contribution >= 0.6 is 12.4 Å². The van der Waals surface area contributed by atoms with Gasteiger partial charge in [-0.3, -0.25) is 0 Å². The molecule has 0 saturated carbocycles. The zero-order chi connectivity index (χ0) is 14.2. The number of hydrogen-bond donors (Lipinski definition) is 0. The summed E-state index contributed by atoms with van der Waals surface area (Å²) < 4.78 is 3.19. The van der Waals surface area contributed by atoms with E-state index in [-0.39, 0.29) is 33.6 Å². The quantitative estimate of drug-likeness (QED) is 0.676. The number of hydrogen-bond acceptors (Lipinski definition) is 0. The summed E-state index contributed by atoms with van der Waals surface area (Å²) in [6.07, 6.45) is 0. The summed E-state index contributed by atoms with van der Waals surface area (Å²) in [4.78, 5) is 0. The van der Waals surface area contributed by atoms with Crippen molar-refractivity contribution >= 4 is 12.4 Å². The molecular formula is C18H23ClI+. The van der Waals surface area contributed by atoms with Crippen molar-refractivity contribution < 1.29 is 21.2 Å². The van der Waals surface area contributed by atoms with E-state index in [0.29, 0.717) is 0 Å². The van der Waals surface area contributed by atoms with Gasteiger partial charge in [0.2, 0.25) is 0 Å². The third-order valence-corrected chi connectivity index (χ3v) is 7.83. The van der Waals surface area contributed by atoms with Crippen LogP contribution in [0.2, 0.25) is 0 Å². The summed E-state index contributed by atoms with van der Waals surface area (Å²) in [5.41, 5.74) is 8.60. The van der Waals surface area contributed by atoms with Crippen molar-refractivity contribution in [1.29, 1.82) is 0 Å². The van der Waals surface area contributed by atoms with Gasteiger partial charge in [0.05, 0.1) is 0 Å². The lowest BCUT2D eigenvalue weighted by Gasteiger charge is -2.04. The van der Waals surface area contributed by atoms with Crippen LogP contribution in [0.1, 0.15) is 33.4 Å². The first-order valence-corrected chi connectivity index (χ1v) is 8.84.